The van der Waals surface area contributed by atoms with Crippen LogP contribution in [0.25, 0.3) is 6.08 Å². The molecule has 0 amide bonds. The van der Waals surface area contributed by atoms with Crippen molar-refractivity contribution in [2.24, 2.45) is 0 Å². The Kier molecular flexibility index (Phi) is 3.51. The monoisotopic (exact) mass is 208 g/mol. The second-order valence-corrected chi connectivity index (χ2v) is 4.40. The first-order valence-electron chi connectivity index (χ1n) is 5.03. The number of benzene rings is 1. The summed E-state index contributed by atoms with van der Waals surface area (Å²) in [5, 5.41) is 0. The van der Waals surface area contributed by atoms with Crippen LogP contribution in [-0.4, -0.2) is 5.60 Å². The van der Waals surface area contributed by atoms with Gasteiger partial charge in [-0.3, -0.25) is 0 Å². The van der Waals surface area contributed by atoms with E-state index in [1.165, 1.54) is 6.07 Å². The van der Waals surface area contributed by atoms with Gasteiger partial charge in [-0.25, -0.2) is 4.39 Å². The number of ether oxygens (including phenoxy) is 1. The molecule has 0 heterocycles. The molecule has 1 rings (SSSR count). The minimum atomic E-state index is -0.297. The minimum absolute atomic E-state index is 0.255. The van der Waals surface area contributed by atoms with E-state index in [0.29, 0.717) is 11.3 Å². The summed E-state index contributed by atoms with van der Waals surface area (Å²) in [5.41, 5.74) is 0.285. The van der Waals surface area contributed by atoms with E-state index < -0.39 is 0 Å². The zero-order valence-corrected chi connectivity index (χ0v) is 9.67. The summed E-state index contributed by atoms with van der Waals surface area (Å²) in [7, 11) is 0. The molecule has 0 aromatic heterocycles. The van der Waals surface area contributed by atoms with Crippen molar-refractivity contribution in [1.29, 1.82) is 0 Å². The maximum absolute atomic E-state index is 13.5. The van der Waals surface area contributed by atoms with Crippen molar-refractivity contribution in [3.05, 3.63) is 35.7 Å². The predicted octanol–water partition coefficient (Wildman–Crippen LogP) is 4.04. The van der Waals surface area contributed by atoms with E-state index in [1.54, 1.807) is 18.2 Å². The molecule has 0 aliphatic rings. The van der Waals surface area contributed by atoms with Crippen LogP contribution in [0.1, 0.15) is 33.3 Å². The highest BCUT2D eigenvalue weighted by Crippen LogP contribution is 2.21. The summed E-state index contributed by atoms with van der Waals surface area (Å²) in [4.78, 5) is 0. The van der Waals surface area contributed by atoms with Gasteiger partial charge in [-0.15, -0.1) is 0 Å². The smallest absolute Gasteiger partial charge is 0.134 e. The van der Waals surface area contributed by atoms with Crippen molar-refractivity contribution < 1.29 is 9.13 Å². The third kappa shape index (κ3) is 3.74. The number of allylic oxidation sites excluding steroid dienone is 1. The van der Waals surface area contributed by atoms with Gasteiger partial charge in [0.15, 0.2) is 0 Å². The summed E-state index contributed by atoms with van der Waals surface area (Å²) in [6.07, 6.45) is 3.54. The molecule has 15 heavy (non-hydrogen) atoms. The average molecular weight is 208 g/mol. The van der Waals surface area contributed by atoms with Gasteiger partial charge in [-0.1, -0.05) is 12.2 Å². The average Bonchev–Trinajstić information content (AvgIpc) is 2.07. The lowest BCUT2D eigenvalue weighted by atomic mass is 10.1. The van der Waals surface area contributed by atoms with E-state index in [4.69, 9.17) is 4.74 Å². The van der Waals surface area contributed by atoms with Gasteiger partial charge in [-0.05, 0) is 39.8 Å². The molecule has 0 spiro atoms. The summed E-state index contributed by atoms with van der Waals surface area (Å²) in [6.45, 7) is 7.67. The third-order valence-corrected chi connectivity index (χ3v) is 1.74. The topological polar surface area (TPSA) is 9.23 Å². The van der Waals surface area contributed by atoms with Gasteiger partial charge in [-0.2, -0.15) is 0 Å². The zero-order valence-electron chi connectivity index (χ0n) is 9.67. The molecular formula is C13H17FO. The Hall–Kier alpha value is -1.31. The van der Waals surface area contributed by atoms with Crippen LogP contribution in [0.5, 0.6) is 5.75 Å². The first-order chi connectivity index (χ1) is 6.92. The summed E-state index contributed by atoms with van der Waals surface area (Å²) >= 11 is 0. The fourth-order valence-corrected chi connectivity index (χ4v) is 1.24. The van der Waals surface area contributed by atoms with E-state index >= 15 is 0 Å². The van der Waals surface area contributed by atoms with Crippen molar-refractivity contribution in [2.45, 2.75) is 33.3 Å². The molecule has 1 aromatic carbocycles. The molecule has 0 saturated heterocycles. The SMILES string of the molecule is CC=Cc1ccc(OC(C)(C)C)cc1F. The maximum atomic E-state index is 13.5. The molecule has 1 aromatic rings. The lowest BCUT2D eigenvalue weighted by Gasteiger charge is -2.21. The van der Waals surface area contributed by atoms with Crippen LogP contribution in [0.3, 0.4) is 0 Å². The largest absolute Gasteiger partial charge is 0.488 e. The van der Waals surface area contributed by atoms with Crippen LogP contribution in [0, 0.1) is 5.82 Å². The van der Waals surface area contributed by atoms with Crippen LogP contribution >= 0.6 is 0 Å². The second kappa shape index (κ2) is 4.47. The molecule has 0 unspecified atom stereocenters. The number of hydrogen-bond acceptors (Lipinski definition) is 1. The van der Waals surface area contributed by atoms with Crippen LogP contribution in [0.4, 0.5) is 4.39 Å². The minimum Gasteiger partial charge on any atom is -0.488 e. The Balaban J connectivity index is 2.92. The first kappa shape index (κ1) is 11.8. The van der Waals surface area contributed by atoms with Crippen molar-refractivity contribution in [2.75, 3.05) is 0 Å². The van der Waals surface area contributed by atoms with Crippen LogP contribution in [0.2, 0.25) is 0 Å². The summed E-state index contributed by atoms with van der Waals surface area (Å²) < 4.78 is 19.0. The highest BCUT2D eigenvalue weighted by atomic mass is 19.1. The Labute approximate surface area is 90.6 Å². The van der Waals surface area contributed by atoms with Gasteiger partial charge in [0, 0.05) is 11.6 Å². The highest BCUT2D eigenvalue weighted by Gasteiger charge is 2.12. The fraction of sp³-hybridized carbons (Fsp3) is 0.385. The standard InChI is InChI=1S/C13H17FO/c1-5-6-10-7-8-11(9-12(10)14)15-13(2,3)4/h5-9H,1-4H3. The number of rotatable bonds is 2. The van der Waals surface area contributed by atoms with Crippen molar-refractivity contribution in [3.63, 3.8) is 0 Å². The Bertz CT molecular complexity index is 361. The van der Waals surface area contributed by atoms with Crippen molar-refractivity contribution >= 4 is 6.08 Å². The van der Waals surface area contributed by atoms with E-state index in [2.05, 4.69) is 0 Å². The Morgan fingerprint density at radius 1 is 1.27 bits per heavy atom. The lowest BCUT2D eigenvalue weighted by molar-refractivity contribution is 0.130. The van der Waals surface area contributed by atoms with Gasteiger partial charge in [0.1, 0.15) is 17.2 Å². The summed E-state index contributed by atoms with van der Waals surface area (Å²) in [5.74, 6) is 0.308. The zero-order chi connectivity index (χ0) is 11.5. The van der Waals surface area contributed by atoms with Gasteiger partial charge in [0.2, 0.25) is 0 Å². The Morgan fingerprint density at radius 2 is 1.93 bits per heavy atom. The quantitative estimate of drug-likeness (QED) is 0.712. The molecular weight excluding hydrogens is 191 g/mol. The Morgan fingerprint density at radius 3 is 2.40 bits per heavy atom. The molecule has 82 valence electrons. The van der Waals surface area contributed by atoms with Crippen molar-refractivity contribution in [3.8, 4) is 5.75 Å². The molecule has 0 bridgehead atoms. The van der Waals surface area contributed by atoms with E-state index in [1.807, 2.05) is 33.8 Å². The number of hydrogen-bond donors (Lipinski definition) is 0. The predicted molar refractivity (Wildman–Crippen MR) is 61.5 cm³/mol. The molecule has 0 fully saturated rings. The molecule has 0 N–H and O–H groups in total. The van der Waals surface area contributed by atoms with E-state index in [-0.39, 0.29) is 11.4 Å². The molecule has 1 nitrogen and oxygen atoms in total. The molecule has 0 atom stereocenters. The molecule has 2 heteroatoms. The van der Waals surface area contributed by atoms with Crippen LogP contribution in [-0.2, 0) is 0 Å². The van der Waals surface area contributed by atoms with Gasteiger partial charge < -0.3 is 4.74 Å². The van der Waals surface area contributed by atoms with E-state index in [0.717, 1.165) is 0 Å². The number of halogens is 1. The second-order valence-electron chi connectivity index (χ2n) is 4.40. The van der Waals surface area contributed by atoms with Gasteiger partial charge in [0.05, 0.1) is 0 Å². The molecule has 0 saturated carbocycles. The normalized spacial score (nSPS) is 12.1. The van der Waals surface area contributed by atoms with Gasteiger partial charge in [0.25, 0.3) is 0 Å². The van der Waals surface area contributed by atoms with Crippen LogP contribution < -0.4 is 4.74 Å². The maximum Gasteiger partial charge on any atom is 0.134 e. The molecule has 0 aliphatic heterocycles. The summed E-state index contributed by atoms with van der Waals surface area (Å²) in [6, 6.07) is 4.92. The fourth-order valence-electron chi connectivity index (χ4n) is 1.24. The van der Waals surface area contributed by atoms with Gasteiger partial charge >= 0.3 is 0 Å². The van der Waals surface area contributed by atoms with Crippen LogP contribution in [0.15, 0.2) is 24.3 Å². The third-order valence-electron chi connectivity index (χ3n) is 1.74. The highest BCUT2D eigenvalue weighted by molar-refractivity contribution is 5.51. The molecule has 0 radical (unpaired) electrons. The molecule has 0 aliphatic carbocycles. The van der Waals surface area contributed by atoms with E-state index in [9.17, 15) is 4.39 Å². The van der Waals surface area contributed by atoms with Crippen molar-refractivity contribution in [1.82, 2.24) is 0 Å². The first-order valence-corrected chi connectivity index (χ1v) is 5.03. The lowest BCUT2D eigenvalue weighted by Crippen LogP contribution is -2.22.